The second-order valence-corrected chi connectivity index (χ2v) is 1.54. The van der Waals surface area contributed by atoms with E-state index in [2.05, 4.69) is 0 Å². The van der Waals surface area contributed by atoms with Crippen molar-refractivity contribution in [2.24, 2.45) is 0 Å². The van der Waals surface area contributed by atoms with Gasteiger partial charge in [0.1, 0.15) is 0 Å². The van der Waals surface area contributed by atoms with E-state index >= 15 is 0 Å². The van der Waals surface area contributed by atoms with Gasteiger partial charge in [-0.2, -0.15) is 0 Å². The number of ketones is 2. The summed E-state index contributed by atoms with van der Waals surface area (Å²) in [6.07, 6.45) is 0.745. The Morgan fingerprint density at radius 2 is 1.62 bits per heavy atom. The van der Waals surface area contributed by atoms with Gasteiger partial charge in [-0.05, 0) is 12.2 Å². The molecule has 42 valence electrons. The van der Waals surface area contributed by atoms with Gasteiger partial charge in [-0.1, -0.05) is 0 Å². The zero-order chi connectivity index (χ0) is 6.15. The van der Waals surface area contributed by atoms with Crippen LogP contribution in [0.5, 0.6) is 0 Å². The highest BCUT2D eigenvalue weighted by Crippen LogP contribution is 1.99. The molecule has 1 aliphatic carbocycles. The van der Waals surface area contributed by atoms with Crippen LogP contribution in [0.2, 0.25) is 0 Å². The highest BCUT2D eigenvalue weighted by molar-refractivity contribution is 6.20. The highest BCUT2D eigenvalue weighted by Gasteiger charge is 2.24. The van der Waals surface area contributed by atoms with Gasteiger partial charge in [0.25, 0.3) is 0 Å². The molecule has 0 radical (unpaired) electrons. The molecule has 0 atom stereocenters. The monoisotopic (exact) mass is 112 g/mol. The standard InChI is InChI=1S/C5H4O3/c6-3-1-2-4(7)5(3)8/h1-2,5,8H. The molecule has 0 saturated carbocycles. The van der Waals surface area contributed by atoms with Crippen LogP contribution >= 0.6 is 0 Å². The third kappa shape index (κ3) is 0.567. The van der Waals surface area contributed by atoms with Crippen LogP contribution in [0.25, 0.3) is 0 Å². The molecule has 0 amide bonds. The lowest BCUT2D eigenvalue weighted by atomic mass is 10.3. The van der Waals surface area contributed by atoms with E-state index in [-0.39, 0.29) is 0 Å². The third-order valence-electron chi connectivity index (χ3n) is 0.951. The molecule has 0 aromatic carbocycles. The summed E-state index contributed by atoms with van der Waals surface area (Å²) in [4.78, 5) is 20.5. The molecule has 0 saturated heterocycles. The summed E-state index contributed by atoms with van der Waals surface area (Å²) >= 11 is 0. The van der Waals surface area contributed by atoms with Crippen molar-refractivity contribution >= 4 is 11.6 Å². The van der Waals surface area contributed by atoms with E-state index in [1.165, 1.54) is 0 Å². The Bertz CT molecular complexity index is 151. The molecule has 0 aliphatic heterocycles. The molecule has 1 rings (SSSR count). The molecule has 0 heterocycles. The molecule has 0 aromatic heterocycles. The van der Waals surface area contributed by atoms with Gasteiger partial charge in [0.05, 0.1) is 0 Å². The van der Waals surface area contributed by atoms with Crippen molar-refractivity contribution < 1.29 is 14.7 Å². The minimum atomic E-state index is -1.41. The Labute approximate surface area is 45.6 Å². The van der Waals surface area contributed by atoms with Crippen LogP contribution in [0.15, 0.2) is 12.2 Å². The predicted octanol–water partition coefficient (Wildman–Crippen LogP) is -0.945. The summed E-state index contributed by atoms with van der Waals surface area (Å²) in [5.74, 6) is -1.04. The van der Waals surface area contributed by atoms with Gasteiger partial charge in [0, 0.05) is 0 Å². The summed E-state index contributed by atoms with van der Waals surface area (Å²) in [6.45, 7) is 0. The minimum Gasteiger partial charge on any atom is -0.377 e. The Balaban J connectivity index is 2.84. The lowest BCUT2D eigenvalue weighted by Crippen LogP contribution is -2.20. The van der Waals surface area contributed by atoms with Crippen molar-refractivity contribution in [1.29, 1.82) is 0 Å². The molecule has 0 aromatic rings. The van der Waals surface area contributed by atoms with Crippen molar-refractivity contribution in [3.8, 4) is 0 Å². The molecule has 3 nitrogen and oxygen atoms in total. The van der Waals surface area contributed by atoms with Crippen LogP contribution in [0, 0.1) is 0 Å². The van der Waals surface area contributed by atoms with E-state index in [1.54, 1.807) is 0 Å². The summed E-state index contributed by atoms with van der Waals surface area (Å²) in [5, 5.41) is 8.50. The molecular formula is C5H4O3. The van der Waals surface area contributed by atoms with E-state index in [4.69, 9.17) is 5.11 Å². The Kier molecular flexibility index (Phi) is 0.986. The maximum atomic E-state index is 10.2. The lowest BCUT2D eigenvalue weighted by molar-refractivity contribution is -0.131. The summed E-state index contributed by atoms with van der Waals surface area (Å²) in [7, 11) is 0. The molecule has 0 spiro atoms. The maximum absolute atomic E-state index is 10.2. The summed E-state index contributed by atoms with van der Waals surface area (Å²) in [6, 6.07) is 0. The first-order chi connectivity index (χ1) is 3.72. The number of aliphatic hydroxyl groups is 1. The first-order valence-electron chi connectivity index (χ1n) is 2.15. The molecule has 0 bridgehead atoms. The van der Waals surface area contributed by atoms with Crippen LogP contribution in [-0.4, -0.2) is 22.8 Å². The molecule has 0 fully saturated rings. The zero-order valence-corrected chi connectivity index (χ0v) is 4.00. The van der Waals surface area contributed by atoms with Gasteiger partial charge in [0.15, 0.2) is 17.7 Å². The summed E-state index contributed by atoms with van der Waals surface area (Å²) in [5.41, 5.74) is 0. The number of hydrogen-bond donors (Lipinski definition) is 1. The molecule has 1 aliphatic rings. The second-order valence-electron chi connectivity index (χ2n) is 1.54. The van der Waals surface area contributed by atoms with E-state index in [0.717, 1.165) is 12.2 Å². The van der Waals surface area contributed by atoms with Gasteiger partial charge in [-0.3, -0.25) is 9.59 Å². The minimum absolute atomic E-state index is 0.519. The molecule has 1 N–H and O–H groups in total. The molecule has 8 heavy (non-hydrogen) atoms. The Morgan fingerprint density at radius 1 is 1.25 bits per heavy atom. The number of carbonyl (C=O) groups is 2. The Hall–Kier alpha value is -0.960. The number of carbonyl (C=O) groups excluding carboxylic acids is 2. The van der Waals surface area contributed by atoms with Crippen molar-refractivity contribution in [3.05, 3.63) is 12.2 Å². The average Bonchev–Trinajstić information content (AvgIpc) is 1.98. The fourth-order valence-electron chi connectivity index (χ4n) is 0.487. The number of rotatable bonds is 0. The number of aliphatic hydroxyl groups excluding tert-OH is 1. The van der Waals surface area contributed by atoms with Crippen LogP contribution in [0.3, 0.4) is 0 Å². The van der Waals surface area contributed by atoms with Gasteiger partial charge >= 0.3 is 0 Å². The lowest BCUT2D eigenvalue weighted by Gasteiger charge is -1.90. The number of hydrogen-bond acceptors (Lipinski definition) is 3. The van der Waals surface area contributed by atoms with Crippen molar-refractivity contribution in [2.45, 2.75) is 6.10 Å². The largest absolute Gasteiger partial charge is 0.377 e. The van der Waals surface area contributed by atoms with Crippen molar-refractivity contribution in [3.63, 3.8) is 0 Å². The highest BCUT2D eigenvalue weighted by atomic mass is 16.3. The molecule has 0 unspecified atom stereocenters. The molecular weight excluding hydrogens is 108 g/mol. The SMILES string of the molecule is O=C1C=CC(=O)C1O. The maximum Gasteiger partial charge on any atom is 0.192 e. The predicted molar refractivity (Wildman–Crippen MR) is 25.2 cm³/mol. The fraction of sp³-hybridized carbons (Fsp3) is 0.200. The van der Waals surface area contributed by atoms with Gasteiger partial charge in [-0.25, -0.2) is 0 Å². The Morgan fingerprint density at radius 3 is 1.75 bits per heavy atom. The van der Waals surface area contributed by atoms with E-state index in [0.29, 0.717) is 0 Å². The fourth-order valence-corrected chi connectivity index (χ4v) is 0.487. The first kappa shape index (κ1) is 5.18. The zero-order valence-electron chi connectivity index (χ0n) is 4.00. The average molecular weight is 112 g/mol. The normalized spacial score (nSPS) is 20.6. The third-order valence-corrected chi connectivity index (χ3v) is 0.951. The van der Waals surface area contributed by atoms with E-state index in [9.17, 15) is 9.59 Å². The second kappa shape index (κ2) is 1.52. The topological polar surface area (TPSA) is 54.4 Å². The quantitative estimate of drug-likeness (QED) is 0.411. The van der Waals surface area contributed by atoms with Crippen LogP contribution in [0.4, 0.5) is 0 Å². The summed E-state index contributed by atoms with van der Waals surface area (Å²) < 4.78 is 0. The van der Waals surface area contributed by atoms with Crippen LogP contribution in [-0.2, 0) is 9.59 Å². The van der Waals surface area contributed by atoms with Crippen LogP contribution in [0.1, 0.15) is 0 Å². The van der Waals surface area contributed by atoms with Crippen LogP contribution < -0.4 is 0 Å². The van der Waals surface area contributed by atoms with Gasteiger partial charge in [-0.15, -0.1) is 0 Å². The van der Waals surface area contributed by atoms with Gasteiger partial charge in [0.2, 0.25) is 0 Å². The van der Waals surface area contributed by atoms with Gasteiger partial charge < -0.3 is 5.11 Å². The van der Waals surface area contributed by atoms with Crippen molar-refractivity contribution in [2.75, 3.05) is 0 Å². The van der Waals surface area contributed by atoms with E-state index in [1.807, 2.05) is 0 Å². The first-order valence-corrected chi connectivity index (χ1v) is 2.15. The molecule has 3 heteroatoms. The smallest absolute Gasteiger partial charge is 0.192 e. The van der Waals surface area contributed by atoms with Crippen molar-refractivity contribution in [1.82, 2.24) is 0 Å². The van der Waals surface area contributed by atoms with E-state index < -0.39 is 17.7 Å².